The number of fused-ring (bicyclic) bond motifs is 2. The first-order valence-electron chi connectivity index (χ1n) is 10.5. The Balaban J connectivity index is 1.77. The Kier molecular flexibility index (Phi) is 3.53. The maximum atomic E-state index is 13.6. The van der Waals surface area contributed by atoms with Crippen molar-refractivity contribution in [1.29, 1.82) is 0 Å². The molecule has 8 atom stereocenters. The molecule has 6 fully saturated rings. The third kappa shape index (κ3) is 1.81. The molecule has 0 aromatic carbocycles. The summed E-state index contributed by atoms with van der Waals surface area (Å²) in [5.41, 5.74) is -1.53. The number of ether oxygens (including phenoxy) is 2. The minimum absolute atomic E-state index is 0.154. The third-order valence-electron chi connectivity index (χ3n) is 8.96. The molecule has 2 aliphatic heterocycles. The summed E-state index contributed by atoms with van der Waals surface area (Å²) in [5.74, 6) is -3.29. The zero-order valence-corrected chi connectivity index (χ0v) is 16.9. The number of Topliss-reactive ketones (excluding diaryl/α,β-unsaturated/α-hetero) is 1. The average molecular weight is 390 g/mol. The molecule has 0 aromatic heterocycles. The number of carbonyl (C=O) groups excluding carboxylic acids is 2. The van der Waals surface area contributed by atoms with Crippen LogP contribution in [0.25, 0.3) is 0 Å². The van der Waals surface area contributed by atoms with Crippen molar-refractivity contribution in [3.05, 3.63) is 12.2 Å². The third-order valence-corrected chi connectivity index (χ3v) is 8.96. The van der Waals surface area contributed by atoms with Gasteiger partial charge in [-0.25, -0.2) is 0 Å². The van der Waals surface area contributed by atoms with E-state index in [0.29, 0.717) is 18.4 Å². The van der Waals surface area contributed by atoms with Crippen LogP contribution in [-0.2, 0) is 19.1 Å². The second-order valence-electron chi connectivity index (χ2n) is 10.6. The molecule has 1 unspecified atom stereocenters. The molecule has 2 N–H and O–H groups in total. The summed E-state index contributed by atoms with van der Waals surface area (Å²) in [6.45, 7) is 9.93. The van der Waals surface area contributed by atoms with Gasteiger partial charge in [0.15, 0.2) is 5.78 Å². The van der Waals surface area contributed by atoms with E-state index < -0.39 is 28.8 Å². The molecule has 6 rings (SSSR count). The topological polar surface area (TPSA) is 93.1 Å². The molecule has 4 bridgehead atoms. The average Bonchev–Trinajstić information content (AvgIpc) is 2.78. The van der Waals surface area contributed by atoms with Gasteiger partial charge in [-0.3, -0.25) is 9.59 Å². The quantitative estimate of drug-likeness (QED) is 0.525. The van der Waals surface area contributed by atoms with Crippen molar-refractivity contribution < 1.29 is 29.3 Å². The molecule has 4 aliphatic carbocycles. The van der Waals surface area contributed by atoms with Crippen molar-refractivity contribution in [3.8, 4) is 0 Å². The van der Waals surface area contributed by atoms with Gasteiger partial charge in [-0.1, -0.05) is 26.8 Å². The normalized spacial score (nSPS) is 53.5. The van der Waals surface area contributed by atoms with Crippen molar-refractivity contribution in [1.82, 2.24) is 0 Å². The highest BCUT2D eigenvalue weighted by molar-refractivity contribution is 6.04. The first-order chi connectivity index (χ1) is 13.0. The lowest BCUT2D eigenvalue weighted by molar-refractivity contribution is -0.445. The van der Waals surface area contributed by atoms with Crippen LogP contribution in [-0.4, -0.2) is 46.6 Å². The van der Waals surface area contributed by atoms with Gasteiger partial charge in [0, 0.05) is 24.2 Å². The Morgan fingerprint density at radius 2 is 2.00 bits per heavy atom. The molecule has 0 amide bonds. The number of rotatable bonds is 1. The van der Waals surface area contributed by atoms with Gasteiger partial charge in [-0.2, -0.15) is 0 Å². The summed E-state index contributed by atoms with van der Waals surface area (Å²) in [7, 11) is 0. The summed E-state index contributed by atoms with van der Waals surface area (Å²) >= 11 is 0. The van der Waals surface area contributed by atoms with Gasteiger partial charge in [0.2, 0.25) is 5.79 Å². The van der Waals surface area contributed by atoms with Crippen LogP contribution in [0.4, 0.5) is 0 Å². The molecule has 6 nitrogen and oxygen atoms in total. The molecule has 2 saturated heterocycles. The van der Waals surface area contributed by atoms with E-state index in [1.807, 2.05) is 0 Å². The molecule has 4 saturated carbocycles. The first kappa shape index (κ1) is 18.8. The van der Waals surface area contributed by atoms with Crippen molar-refractivity contribution in [3.63, 3.8) is 0 Å². The van der Waals surface area contributed by atoms with E-state index in [1.165, 1.54) is 6.92 Å². The number of hydrogen-bond acceptors (Lipinski definition) is 6. The highest BCUT2D eigenvalue weighted by Crippen LogP contribution is 2.76. The van der Waals surface area contributed by atoms with Crippen molar-refractivity contribution in [2.24, 2.45) is 34.0 Å². The van der Waals surface area contributed by atoms with E-state index in [-0.39, 0.29) is 41.5 Å². The highest BCUT2D eigenvalue weighted by atomic mass is 16.6. The molecule has 2 spiro atoms. The van der Waals surface area contributed by atoms with E-state index >= 15 is 0 Å². The van der Waals surface area contributed by atoms with E-state index in [1.54, 1.807) is 0 Å². The van der Waals surface area contributed by atoms with Crippen LogP contribution in [0.5, 0.6) is 0 Å². The largest absolute Gasteiger partial charge is 0.462 e. The van der Waals surface area contributed by atoms with E-state index in [2.05, 4.69) is 20.4 Å². The molecule has 0 aromatic rings. The zero-order valence-electron chi connectivity index (χ0n) is 16.9. The molecular weight excluding hydrogens is 360 g/mol. The van der Waals surface area contributed by atoms with Gasteiger partial charge in [0.1, 0.15) is 12.2 Å². The Hall–Kier alpha value is -1.24. The van der Waals surface area contributed by atoms with Crippen LogP contribution in [0.2, 0.25) is 0 Å². The molecule has 28 heavy (non-hydrogen) atoms. The highest BCUT2D eigenvalue weighted by Gasteiger charge is 2.84. The second kappa shape index (κ2) is 5.27. The Morgan fingerprint density at radius 1 is 1.29 bits per heavy atom. The zero-order chi connectivity index (χ0) is 20.3. The predicted molar refractivity (Wildman–Crippen MR) is 98.8 cm³/mol. The fourth-order valence-corrected chi connectivity index (χ4v) is 8.28. The lowest BCUT2D eigenvalue weighted by atomic mass is 9.36. The Bertz CT molecular complexity index is 788. The minimum Gasteiger partial charge on any atom is -0.462 e. The minimum atomic E-state index is -1.97. The standard InChI is InChI=1S/C22H30O6/c1-11-13-8-14(28-12(2)23)15-20-7-5-6-19(3,4)16(20)18(25)22(26,27-10-20)21(15,9-13)17(11)24/h13-16,18,25-26H,1,5-10H2,2-4H3/t13-,14-,15+,16-,18+,20-,21+,22?/m1/s1. The molecule has 0 radical (unpaired) electrons. The smallest absolute Gasteiger partial charge is 0.302 e. The van der Waals surface area contributed by atoms with E-state index in [9.17, 15) is 19.8 Å². The van der Waals surface area contributed by atoms with Crippen LogP contribution in [0.3, 0.4) is 0 Å². The SMILES string of the molecule is C=C1C(=O)[C@]23C[C@H]1C[C@@H](OC(C)=O)[C@H]2[C@]12CCCC(C)(C)[C@H]1[C@H](O)C3(O)OC2. The predicted octanol–water partition coefficient (Wildman–Crippen LogP) is 1.98. The van der Waals surface area contributed by atoms with Gasteiger partial charge in [-0.05, 0) is 42.6 Å². The van der Waals surface area contributed by atoms with Crippen LogP contribution < -0.4 is 0 Å². The summed E-state index contributed by atoms with van der Waals surface area (Å²) in [4.78, 5) is 25.5. The number of aliphatic hydroxyl groups excluding tert-OH is 1. The number of ketones is 1. The maximum absolute atomic E-state index is 13.6. The van der Waals surface area contributed by atoms with Crippen molar-refractivity contribution in [2.45, 2.75) is 70.9 Å². The van der Waals surface area contributed by atoms with Crippen LogP contribution in [0.15, 0.2) is 12.2 Å². The fourth-order valence-electron chi connectivity index (χ4n) is 8.28. The summed E-state index contributed by atoms with van der Waals surface area (Å²) < 4.78 is 11.8. The lowest BCUT2D eigenvalue weighted by Gasteiger charge is -2.73. The van der Waals surface area contributed by atoms with Crippen molar-refractivity contribution >= 4 is 11.8 Å². The van der Waals surface area contributed by atoms with Gasteiger partial charge in [-0.15, -0.1) is 0 Å². The molecule has 6 aliphatic rings. The summed E-state index contributed by atoms with van der Waals surface area (Å²) in [5, 5.41) is 23.2. The molecule has 6 heteroatoms. The Labute approximate surface area is 165 Å². The molecule has 154 valence electrons. The van der Waals surface area contributed by atoms with Gasteiger partial charge in [0.25, 0.3) is 0 Å². The first-order valence-corrected chi connectivity index (χ1v) is 10.5. The summed E-state index contributed by atoms with van der Waals surface area (Å²) in [6, 6.07) is 0. The summed E-state index contributed by atoms with van der Waals surface area (Å²) in [6.07, 6.45) is 2.03. The van der Waals surface area contributed by atoms with E-state index in [4.69, 9.17) is 9.47 Å². The van der Waals surface area contributed by atoms with E-state index in [0.717, 1.165) is 19.3 Å². The number of hydrogen-bond donors (Lipinski definition) is 2. The number of aliphatic hydroxyl groups is 2. The Morgan fingerprint density at radius 3 is 2.68 bits per heavy atom. The fraction of sp³-hybridized carbons (Fsp3) is 0.818. The van der Waals surface area contributed by atoms with Crippen molar-refractivity contribution in [2.75, 3.05) is 6.61 Å². The van der Waals surface area contributed by atoms with Gasteiger partial charge >= 0.3 is 5.97 Å². The van der Waals surface area contributed by atoms with Crippen LogP contribution in [0.1, 0.15) is 52.9 Å². The maximum Gasteiger partial charge on any atom is 0.302 e. The second-order valence-corrected chi connectivity index (χ2v) is 10.6. The molecular formula is C22H30O6. The number of allylic oxidation sites excluding steroid dienone is 1. The van der Waals surface area contributed by atoms with Crippen LogP contribution >= 0.6 is 0 Å². The van der Waals surface area contributed by atoms with Gasteiger partial charge < -0.3 is 19.7 Å². The monoisotopic (exact) mass is 390 g/mol. The molecule has 2 heterocycles. The van der Waals surface area contributed by atoms with Crippen LogP contribution in [0, 0.1) is 34.0 Å². The lowest BCUT2D eigenvalue weighted by Crippen LogP contribution is -2.83. The number of carbonyl (C=O) groups is 2. The number of esters is 1. The van der Waals surface area contributed by atoms with Gasteiger partial charge in [0.05, 0.1) is 12.0 Å².